The monoisotopic (exact) mass is 247 g/mol. The fourth-order valence-electron chi connectivity index (χ4n) is 1.23. The number of hydrogen-bond donors (Lipinski definition) is 0. The van der Waals surface area contributed by atoms with Crippen LogP contribution in [0.25, 0.3) is 0 Å². The fourth-order valence-corrected chi connectivity index (χ4v) is 1.23. The zero-order valence-corrected chi connectivity index (χ0v) is 10.4. The van der Waals surface area contributed by atoms with Crippen LogP contribution in [0.4, 0.5) is 4.79 Å². The lowest BCUT2D eigenvalue weighted by atomic mass is 10.1. The van der Waals surface area contributed by atoms with E-state index in [1.54, 1.807) is 0 Å². The summed E-state index contributed by atoms with van der Waals surface area (Å²) in [6.45, 7) is 0. The van der Waals surface area contributed by atoms with E-state index in [4.69, 9.17) is 0 Å². The molecular formula is C10H17NO6. The van der Waals surface area contributed by atoms with Crippen LogP contribution in [0.5, 0.6) is 0 Å². The summed E-state index contributed by atoms with van der Waals surface area (Å²) in [6.07, 6.45) is -0.548. The van der Waals surface area contributed by atoms with Crippen LogP contribution in [0.2, 0.25) is 0 Å². The summed E-state index contributed by atoms with van der Waals surface area (Å²) in [5.74, 6) is -1.07. The Kier molecular flexibility index (Phi) is 6.69. The van der Waals surface area contributed by atoms with E-state index in [0.29, 0.717) is 0 Å². The van der Waals surface area contributed by atoms with Gasteiger partial charge in [-0.2, -0.15) is 0 Å². The summed E-state index contributed by atoms with van der Waals surface area (Å²) in [7, 11) is 5.05. The maximum atomic E-state index is 11.5. The van der Waals surface area contributed by atoms with Gasteiger partial charge in [-0.25, -0.2) is 9.59 Å². The first-order valence-electron chi connectivity index (χ1n) is 4.93. The number of carbonyl (C=O) groups is 3. The quantitative estimate of drug-likeness (QED) is 0.509. The predicted octanol–water partition coefficient (Wildman–Crippen LogP) is 0.179. The Morgan fingerprint density at radius 2 is 1.65 bits per heavy atom. The molecule has 0 aliphatic rings. The normalized spacial score (nSPS) is 11.3. The second-order valence-electron chi connectivity index (χ2n) is 3.23. The molecule has 0 aromatic heterocycles. The standard InChI is InChI=1S/C10H17NO6/c1-11(10(14)17-4)7(9(13)16-3)5-6-8(12)15-2/h7H,5-6H2,1-4H3/t7-/m0/s1. The number of nitrogens with zero attached hydrogens (tertiary/aromatic N) is 1. The van der Waals surface area contributed by atoms with Gasteiger partial charge in [0.2, 0.25) is 0 Å². The molecule has 0 aliphatic heterocycles. The highest BCUT2D eigenvalue weighted by Crippen LogP contribution is 2.09. The molecule has 7 heteroatoms. The van der Waals surface area contributed by atoms with E-state index in [0.717, 1.165) is 4.90 Å². The van der Waals surface area contributed by atoms with Crippen molar-refractivity contribution in [3.8, 4) is 0 Å². The first-order valence-corrected chi connectivity index (χ1v) is 4.93. The lowest BCUT2D eigenvalue weighted by Gasteiger charge is -2.24. The van der Waals surface area contributed by atoms with Crippen molar-refractivity contribution in [1.82, 2.24) is 4.90 Å². The van der Waals surface area contributed by atoms with E-state index in [1.165, 1.54) is 28.4 Å². The minimum Gasteiger partial charge on any atom is -0.469 e. The second kappa shape index (κ2) is 7.48. The van der Waals surface area contributed by atoms with Crippen molar-refractivity contribution in [2.45, 2.75) is 18.9 Å². The van der Waals surface area contributed by atoms with Crippen LogP contribution < -0.4 is 0 Å². The van der Waals surface area contributed by atoms with E-state index in [-0.39, 0.29) is 12.8 Å². The number of likely N-dealkylation sites (N-methyl/N-ethyl adjacent to an activating group) is 1. The zero-order valence-electron chi connectivity index (χ0n) is 10.4. The highest BCUT2D eigenvalue weighted by Gasteiger charge is 2.28. The number of amides is 1. The molecule has 0 unspecified atom stereocenters. The number of hydrogen-bond acceptors (Lipinski definition) is 6. The summed E-state index contributed by atoms with van der Waals surface area (Å²) in [5, 5.41) is 0. The van der Waals surface area contributed by atoms with Crippen LogP contribution in [0.3, 0.4) is 0 Å². The molecule has 0 rings (SSSR count). The Bertz CT molecular complexity index is 291. The van der Waals surface area contributed by atoms with Crippen LogP contribution in [-0.4, -0.2) is 57.4 Å². The summed E-state index contributed by atoms with van der Waals surface area (Å²) in [5.41, 5.74) is 0. The van der Waals surface area contributed by atoms with Crippen molar-refractivity contribution in [1.29, 1.82) is 0 Å². The summed E-state index contributed by atoms with van der Waals surface area (Å²) >= 11 is 0. The number of ether oxygens (including phenoxy) is 3. The van der Waals surface area contributed by atoms with Crippen molar-refractivity contribution < 1.29 is 28.6 Å². The van der Waals surface area contributed by atoms with Crippen LogP contribution in [0.1, 0.15) is 12.8 Å². The van der Waals surface area contributed by atoms with Gasteiger partial charge in [0.25, 0.3) is 0 Å². The molecule has 0 spiro atoms. The fraction of sp³-hybridized carbons (Fsp3) is 0.700. The van der Waals surface area contributed by atoms with Crippen LogP contribution in [-0.2, 0) is 23.8 Å². The Hall–Kier alpha value is -1.79. The molecule has 17 heavy (non-hydrogen) atoms. The van der Waals surface area contributed by atoms with Crippen LogP contribution in [0.15, 0.2) is 0 Å². The lowest BCUT2D eigenvalue weighted by molar-refractivity contribution is -0.147. The maximum absolute atomic E-state index is 11.5. The molecular weight excluding hydrogens is 230 g/mol. The first-order chi connectivity index (χ1) is 7.97. The molecule has 7 nitrogen and oxygen atoms in total. The average molecular weight is 247 g/mol. The number of carbonyl (C=O) groups excluding carboxylic acids is 3. The molecule has 0 N–H and O–H groups in total. The van der Waals surface area contributed by atoms with Gasteiger partial charge in [0.05, 0.1) is 21.3 Å². The molecule has 0 saturated heterocycles. The van der Waals surface area contributed by atoms with Crippen molar-refractivity contribution in [3.05, 3.63) is 0 Å². The first kappa shape index (κ1) is 15.2. The van der Waals surface area contributed by atoms with Gasteiger partial charge in [0.15, 0.2) is 0 Å². The molecule has 1 atom stereocenters. The van der Waals surface area contributed by atoms with Gasteiger partial charge in [-0.05, 0) is 6.42 Å². The van der Waals surface area contributed by atoms with Crippen molar-refractivity contribution in [3.63, 3.8) is 0 Å². The van der Waals surface area contributed by atoms with E-state index in [9.17, 15) is 14.4 Å². The molecule has 98 valence electrons. The Balaban J connectivity index is 4.59. The molecule has 0 aliphatic carbocycles. The maximum Gasteiger partial charge on any atom is 0.409 e. The SMILES string of the molecule is COC(=O)CC[C@@H](C(=O)OC)N(C)C(=O)OC. The van der Waals surface area contributed by atoms with Crippen LogP contribution >= 0.6 is 0 Å². The summed E-state index contributed by atoms with van der Waals surface area (Å²) < 4.78 is 13.5. The third-order valence-electron chi connectivity index (χ3n) is 2.25. The molecule has 0 heterocycles. The minimum absolute atomic E-state index is 0.0115. The number of methoxy groups -OCH3 is 3. The van der Waals surface area contributed by atoms with Gasteiger partial charge >= 0.3 is 18.0 Å². The Morgan fingerprint density at radius 1 is 1.06 bits per heavy atom. The molecule has 0 bridgehead atoms. The van der Waals surface area contributed by atoms with Crippen molar-refractivity contribution in [2.24, 2.45) is 0 Å². The zero-order chi connectivity index (χ0) is 13.4. The van der Waals surface area contributed by atoms with Gasteiger partial charge in [-0.15, -0.1) is 0 Å². The van der Waals surface area contributed by atoms with Crippen LogP contribution in [0, 0.1) is 0 Å². The third-order valence-corrected chi connectivity index (χ3v) is 2.25. The number of esters is 2. The van der Waals surface area contributed by atoms with Gasteiger partial charge in [0.1, 0.15) is 6.04 Å². The predicted molar refractivity (Wildman–Crippen MR) is 57.2 cm³/mol. The average Bonchev–Trinajstić information content (AvgIpc) is 2.36. The van der Waals surface area contributed by atoms with Crippen molar-refractivity contribution >= 4 is 18.0 Å². The largest absolute Gasteiger partial charge is 0.469 e. The molecule has 0 fully saturated rings. The highest BCUT2D eigenvalue weighted by atomic mass is 16.5. The van der Waals surface area contributed by atoms with E-state index in [2.05, 4.69) is 14.2 Å². The topological polar surface area (TPSA) is 82.1 Å². The third kappa shape index (κ3) is 4.71. The van der Waals surface area contributed by atoms with Crippen molar-refractivity contribution in [2.75, 3.05) is 28.4 Å². The highest BCUT2D eigenvalue weighted by molar-refractivity contribution is 5.82. The van der Waals surface area contributed by atoms with E-state index < -0.39 is 24.1 Å². The summed E-state index contributed by atoms with van der Waals surface area (Å²) in [6, 6.07) is -0.869. The van der Waals surface area contributed by atoms with E-state index in [1.807, 2.05) is 0 Å². The van der Waals surface area contributed by atoms with Gasteiger partial charge < -0.3 is 14.2 Å². The Morgan fingerprint density at radius 3 is 2.06 bits per heavy atom. The minimum atomic E-state index is -0.869. The lowest BCUT2D eigenvalue weighted by Crippen LogP contribution is -2.43. The molecule has 0 aromatic rings. The summed E-state index contributed by atoms with van der Waals surface area (Å²) in [4.78, 5) is 34.8. The molecule has 0 radical (unpaired) electrons. The number of rotatable bonds is 5. The van der Waals surface area contributed by atoms with Gasteiger partial charge in [-0.1, -0.05) is 0 Å². The van der Waals surface area contributed by atoms with Gasteiger partial charge in [0, 0.05) is 13.5 Å². The smallest absolute Gasteiger partial charge is 0.409 e. The molecule has 1 amide bonds. The Labute approximate surface area is 99.6 Å². The molecule has 0 saturated carbocycles. The molecule has 0 aromatic carbocycles. The second-order valence-corrected chi connectivity index (χ2v) is 3.23. The van der Waals surface area contributed by atoms with E-state index >= 15 is 0 Å². The van der Waals surface area contributed by atoms with Gasteiger partial charge in [-0.3, -0.25) is 9.69 Å².